The van der Waals surface area contributed by atoms with Crippen molar-refractivity contribution in [1.82, 2.24) is 4.90 Å². The lowest BCUT2D eigenvalue weighted by Gasteiger charge is -2.41. The Morgan fingerprint density at radius 1 is 1.17 bits per heavy atom. The molecular weight excluding hydrogens is 325 g/mol. The number of hydrogen-bond donors (Lipinski definition) is 1. The maximum absolute atomic E-state index is 13.1. The molecule has 3 atom stereocenters. The maximum Gasteiger partial charge on any atom is 0.123 e. The standard InChI is InChI=1S/C20H23ClFNO/c1-14(24)23-11-10-16(12-15-2-8-19(22)9-3-15)13-20(23)17-4-6-18(21)7-5-17/h2-9,14,16,20,24H,10-13H2,1H3. The van der Waals surface area contributed by atoms with Gasteiger partial charge in [0.25, 0.3) is 0 Å². The fourth-order valence-electron chi connectivity index (χ4n) is 3.66. The van der Waals surface area contributed by atoms with E-state index in [0.29, 0.717) is 5.92 Å². The third-order valence-corrected chi connectivity index (χ3v) is 5.18. The van der Waals surface area contributed by atoms with Gasteiger partial charge >= 0.3 is 0 Å². The third kappa shape index (κ3) is 4.15. The average molecular weight is 348 g/mol. The van der Waals surface area contributed by atoms with E-state index in [1.165, 1.54) is 23.3 Å². The van der Waals surface area contributed by atoms with Gasteiger partial charge in [-0.1, -0.05) is 35.9 Å². The van der Waals surface area contributed by atoms with Gasteiger partial charge in [-0.2, -0.15) is 0 Å². The van der Waals surface area contributed by atoms with Crippen molar-refractivity contribution < 1.29 is 9.50 Å². The lowest BCUT2D eigenvalue weighted by molar-refractivity contribution is -0.0406. The molecule has 0 spiro atoms. The molecule has 1 saturated heterocycles. The summed E-state index contributed by atoms with van der Waals surface area (Å²) in [6.07, 6.45) is 2.48. The molecule has 1 fully saturated rings. The first-order valence-electron chi connectivity index (χ1n) is 8.46. The van der Waals surface area contributed by atoms with Gasteiger partial charge in [0.15, 0.2) is 0 Å². The van der Waals surface area contributed by atoms with Gasteiger partial charge < -0.3 is 5.11 Å². The Morgan fingerprint density at radius 2 is 1.83 bits per heavy atom. The number of nitrogens with zero attached hydrogens (tertiary/aromatic N) is 1. The van der Waals surface area contributed by atoms with Crippen molar-refractivity contribution in [1.29, 1.82) is 0 Å². The molecule has 0 aliphatic carbocycles. The molecule has 1 heterocycles. The second-order valence-electron chi connectivity index (χ2n) is 6.66. The summed E-state index contributed by atoms with van der Waals surface area (Å²) in [5.74, 6) is 0.327. The Hall–Kier alpha value is -1.42. The molecule has 2 nitrogen and oxygen atoms in total. The van der Waals surface area contributed by atoms with E-state index in [-0.39, 0.29) is 11.9 Å². The smallest absolute Gasteiger partial charge is 0.123 e. The summed E-state index contributed by atoms with van der Waals surface area (Å²) in [6, 6.07) is 14.9. The van der Waals surface area contributed by atoms with Crippen LogP contribution >= 0.6 is 11.6 Å². The van der Waals surface area contributed by atoms with E-state index in [1.807, 2.05) is 43.3 Å². The highest BCUT2D eigenvalue weighted by Gasteiger charge is 2.31. The summed E-state index contributed by atoms with van der Waals surface area (Å²) in [5.41, 5.74) is 2.35. The minimum absolute atomic E-state index is 0.182. The van der Waals surface area contributed by atoms with Crippen LogP contribution in [0.1, 0.15) is 36.9 Å². The molecule has 128 valence electrons. The molecule has 0 amide bonds. The predicted molar refractivity (Wildman–Crippen MR) is 95.4 cm³/mol. The summed E-state index contributed by atoms with van der Waals surface area (Å²) in [4.78, 5) is 2.14. The maximum atomic E-state index is 13.1. The highest BCUT2D eigenvalue weighted by molar-refractivity contribution is 6.30. The molecule has 1 N–H and O–H groups in total. The van der Waals surface area contributed by atoms with Crippen LogP contribution in [0.4, 0.5) is 4.39 Å². The number of hydrogen-bond acceptors (Lipinski definition) is 2. The van der Waals surface area contributed by atoms with Crippen LogP contribution in [0.3, 0.4) is 0 Å². The van der Waals surface area contributed by atoms with Gasteiger partial charge in [-0.25, -0.2) is 4.39 Å². The van der Waals surface area contributed by atoms with Gasteiger partial charge in [0.1, 0.15) is 12.0 Å². The molecule has 2 aromatic carbocycles. The van der Waals surface area contributed by atoms with Crippen molar-refractivity contribution >= 4 is 11.6 Å². The van der Waals surface area contributed by atoms with E-state index in [4.69, 9.17) is 11.6 Å². The Bertz CT molecular complexity index is 656. The van der Waals surface area contributed by atoms with E-state index in [9.17, 15) is 9.50 Å². The molecule has 0 saturated carbocycles. The first kappa shape index (κ1) is 17.4. The number of aliphatic hydroxyl groups is 1. The molecule has 24 heavy (non-hydrogen) atoms. The molecule has 1 aliphatic rings. The number of aliphatic hydroxyl groups excluding tert-OH is 1. The fourth-order valence-corrected chi connectivity index (χ4v) is 3.78. The quantitative estimate of drug-likeness (QED) is 0.857. The molecular formula is C20H23ClFNO. The number of piperidine rings is 1. The molecule has 0 aromatic heterocycles. The summed E-state index contributed by atoms with van der Waals surface area (Å²) < 4.78 is 13.1. The van der Waals surface area contributed by atoms with Crippen LogP contribution in [0, 0.1) is 11.7 Å². The van der Waals surface area contributed by atoms with Gasteiger partial charge in [0.2, 0.25) is 0 Å². The highest BCUT2D eigenvalue weighted by atomic mass is 35.5. The van der Waals surface area contributed by atoms with E-state index >= 15 is 0 Å². The van der Waals surface area contributed by atoms with Crippen molar-refractivity contribution in [3.63, 3.8) is 0 Å². The molecule has 0 bridgehead atoms. The third-order valence-electron chi connectivity index (χ3n) is 4.92. The number of benzene rings is 2. The first-order valence-corrected chi connectivity index (χ1v) is 8.84. The molecule has 2 aromatic rings. The zero-order valence-electron chi connectivity index (χ0n) is 13.8. The largest absolute Gasteiger partial charge is 0.379 e. The van der Waals surface area contributed by atoms with Crippen molar-refractivity contribution in [2.75, 3.05) is 6.54 Å². The van der Waals surface area contributed by atoms with Crippen LogP contribution in [-0.4, -0.2) is 22.8 Å². The number of likely N-dealkylation sites (tertiary alicyclic amines) is 1. The van der Waals surface area contributed by atoms with Crippen LogP contribution < -0.4 is 0 Å². The molecule has 3 unspecified atom stereocenters. The van der Waals surface area contributed by atoms with Crippen LogP contribution in [0.15, 0.2) is 48.5 Å². The summed E-state index contributed by atoms with van der Waals surface area (Å²) in [5, 5.41) is 10.9. The minimum atomic E-state index is -0.475. The second kappa shape index (κ2) is 7.64. The Morgan fingerprint density at radius 3 is 2.46 bits per heavy atom. The topological polar surface area (TPSA) is 23.5 Å². The van der Waals surface area contributed by atoms with E-state index < -0.39 is 6.23 Å². The SMILES string of the molecule is CC(O)N1CCC(Cc2ccc(F)cc2)CC1c1ccc(Cl)cc1. The van der Waals surface area contributed by atoms with Gasteiger partial charge in [0, 0.05) is 17.6 Å². The van der Waals surface area contributed by atoms with Crippen LogP contribution in [0.25, 0.3) is 0 Å². The molecule has 4 heteroatoms. The van der Waals surface area contributed by atoms with E-state index in [0.717, 1.165) is 30.8 Å². The van der Waals surface area contributed by atoms with Gasteiger partial charge in [-0.05, 0) is 67.5 Å². The van der Waals surface area contributed by atoms with E-state index in [2.05, 4.69) is 4.90 Å². The van der Waals surface area contributed by atoms with Crippen LogP contribution in [-0.2, 0) is 6.42 Å². The van der Waals surface area contributed by atoms with Crippen LogP contribution in [0.2, 0.25) is 5.02 Å². The van der Waals surface area contributed by atoms with Gasteiger partial charge in [-0.3, -0.25) is 4.90 Å². The second-order valence-corrected chi connectivity index (χ2v) is 7.09. The number of rotatable bonds is 4. The first-order chi connectivity index (χ1) is 11.5. The monoisotopic (exact) mass is 347 g/mol. The van der Waals surface area contributed by atoms with Crippen molar-refractivity contribution in [2.45, 2.75) is 38.5 Å². The lowest BCUT2D eigenvalue weighted by Crippen LogP contribution is -2.42. The molecule has 3 rings (SSSR count). The van der Waals surface area contributed by atoms with E-state index in [1.54, 1.807) is 0 Å². The Labute approximate surface area is 147 Å². The predicted octanol–water partition coefficient (Wildman–Crippen LogP) is 4.81. The van der Waals surface area contributed by atoms with Crippen molar-refractivity contribution in [2.24, 2.45) is 5.92 Å². The van der Waals surface area contributed by atoms with Crippen molar-refractivity contribution in [3.05, 3.63) is 70.5 Å². The zero-order valence-corrected chi connectivity index (χ0v) is 14.6. The van der Waals surface area contributed by atoms with Gasteiger partial charge in [-0.15, -0.1) is 0 Å². The Balaban J connectivity index is 1.75. The summed E-state index contributed by atoms with van der Waals surface area (Å²) in [7, 11) is 0. The van der Waals surface area contributed by atoms with Crippen molar-refractivity contribution in [3.8, 4) is 0 Å². The summed E-state index contributed by atoms with van der Waals surface area (Å²) in [6.45, 7) is 2.68. The van der Waals surface area contributed by atoms with Gasteiger partial charge in [0.05, 0.1) is 0 Å². The summed E-state index contributed by atoms with van der Waals surface area (Å²) >= 11 is 6.00. The normalized spacial score (nSPS) is 23.2. The number of halogens is 2. The fraction of sp³-hybridized carbons (Fsp3) is 0.400. The average Bonchev–Trinajstić information content (AvgIpc) is 2.57. The molecule has 1 aliphatic heterocycles. The Kier molecular flexibility index (Phi) is 5.54. The minimum Gasteiger partial charge on any atom is -0.379 e. The lowest BCUT2D eigenvalue weighted by atomic mass is 9.83. The highest BCUT2D eigenvalue weighted by Crippen LogP contribution is 2.37. The zero-order chi connectivity index (χ0) is 17.1. The van der Waals surface area contributed by atoms with Crippen LogP contribution in [0.5, 0.6) is 0 Å². The molecule has 0 radical (unpaired) electrons.